The lowest BCUT2D eigenvalue weighted by Gasteiger charge is -2.29. The number of aryl methyl sites for hydroxylation is 1. The Morgan fingerprint density at radius 2 is 1.75 bits per heavy atom. The van der Waals surface area contributed by atoms with E-state index in [9.17, 15) is 0 Å². The zero-order valence-corrected chi connectivity index (χ0v) is 14.8. The van der Waals surface area contributed by atoms with Crippen molar-refractivity contribution in [1.29, 1.82) is 0 Å². The zero-order chi connectivity index (χ0) is 16.5. The topological polar surface area (TPSA) is 15.6 Å². The SMILES string of the molecule is Cc1ccsc1C1Cc2ccccc2N=C(c2ccccc2)N1C. The molecule has 3 aromatic rings. The fourth-order valence-electron chi connectivity index (χ4n) is 3.33. The highest BCUT2D eigenvalue weighted by Gasteiger charge is 2.27. The van der Waals surface area contributed by atoms with Gasteiger partial charge in [0.1, 0.15) is 5.84 Å². The van der Waals surface area contributed by atoms with Crippen LogP contribution in [0.5, 0.6) is 0 Å². The molecule has 2 heterocycles. The first-order valence-corrected chi connectivity index (χ1v) is 9.11. The van der Waals surface area contributed by atoms with Gasteiger partial charge in [0.05, 0.1) is 11.7 Å². The highest BCUT2D eigenvalue weighted by molar-refractivity contribution is 7.10. The fourth-order valence-corrected chi connectivity index (χ4v) is 4.40. The molecule has 0 N–H and O–H groups in total. The number of nitrogens with zero attached hydrogens (tertiary/aromatic N) is 2. The van der Waals surface area contributed by atoms with Crippen molar-refractivity contribution in [2.24, 2.45) is 4.99 Å². The van der Waals surface area contributed by atoms with E-state index in [1.165, 1.54) is 16.0 Å². The van der Waals surface area contributed by atoms with E-state index in [0.717, 1.165) is 23.5 Å². The maximum Gasteiger partial charge on any atom is 0.136 e. The van der Waals surface area contributed by atoms with E-state index in [4.69, 9.17) is 4.99 Å². The normalized spacial score (nSPS) is 17.2. The summed E-state index contributed by atoms with van der Waals surface area (Å²) in [7, 11) is 2.17. The monoisotopic (exact) mass is 332 g/mol. The maximum absolute atomic E-state index is 5.03. The summed E-state index contributed by atoms with van der Waals surface area (Å²) in [5.74, 6) is 1.04. The van der Waals surface area contributed by atoms with E-state index in [-0.39, 0.29) is 0 Å². The Morgan fingerprint density at radius 1 is 1.00 bits per heavy atom. The fraction of sp³-hybridized carbons (Fsp3) is 0.190. The van der Waals surface area contributed by atoms with Gasteiger partial charge in [-0.05, 0) is 42.0 Å². The van der Waals surface area contributed by atoms with Crippen LogP contribution < -0.4 is 0 Å². The number of benzene rings is 2. The molecule has 2 aromatic carbocycles. The molecule has 120 valence electrons. The minimum atomic E-state index is 0.313. The van der Waals surface area contributed by atoms with Crippen molar-refractivity contribution in [2.75, 3.05) is 7.05 Å². The largest absolute Gasteiger partial charge is 0.351 e. The van der Waals surface area contributed by atoms with Crippen LogP contribution in [0.4, 0.5) is 5.69 Å². The summed E-state index contributed by atoms with van der Waals surface area (Å²) in [6, 6.07) is 21.5. The lowest BCUT2D eigenvalue weighted by atomic mass is 10.0. The predicted molar refractivity (Wildman–Crippen MR) is 102 cm³/mol. The van der Waals surface area contributed by atoms with Gasteiger partial charge in [-0.2, -0.15) is 0 Å². The van der Waals surface area contributed by atoms with E-state index in [0.29, 0.717) is 6.04 Å². The number of amidine groups is 1. The van der Waals surface area contributed by atoms with Gasteiger partial charge < -0.3 is 4.90 Å². The second kappa shape index (κ2) is 6.25. The molecular formula is C21H20N2S. The molecule has 0 saturated heterocycles. The molecule has 1 aliphatic rings. The van der Waals surface area contributed by atoms with Crippen LogP contribution >= 0.6 is 11.3 Å². The van der Waals surface area contributed by atoms with Crippen LogP contribution in [-0.4, -0.2) is 17.8 Å². The van der Waals surface area contributed by atoms with Crippen molar-refractivity contribution in [3.05, 3.63) is 87.6 Å². The van der Waals surface area contributed by atoms with Crippen LogP contribution in [0.2, 0.25) is 0 Å². The molecule has 1 unspecified atom stereocenters. The van der Waals surface area contributed by atoms with Gasteiger partial charge in [-0.1, -0.05) is 48.5 Å². The summed E-state index contributed by atoms with van der Waals surface area (Å²) >= 11 is 1.84. The number of fused-ring (bicyclic) bond motifs is 1. The molecule has 1 aromatic heterocycles. The Balaban J connectivity index is 1.88. The maximum atomic E-state index is 5.03. The lowest BCUT2D eigenvalue weighted by molar-refractivity contribution is 0.381. The van der Waals surface area contributed by atoms with Crippen molar-refractivity contribution in [2.45, 2.75) is 19.4 Å². The van der Waals surface area contributed by atoms with Crippen LogP contribution in [0, 0.1) is 6.92 Å². The first kappa shape index (κ1) is 15.2. The van der Waals surface area contributed by atoms with E-state index < -0.39 is 0 Å². The zero-order valence-electron chi connectivity index (χ0n) is 13.9. The Morgan fingerprint density at radius 3 is 2.50 bits per heavy atom. The van der Waals surface area contributed by atoms with Crippen molar-refractivity contribution in [3.8, 4) is 0 Å². The molecule has 0 fully saturated rings. The molecule has 0 aliphatic carbocycles. The van der Waals surface area contributed by atoms with E-state index in [2.05, 4.69) is 84.9 Å². The van der Waals surface area contributed by atoms with E-state index in [1.807, 2.05) is 11.3 Å². The lowest BCUT2D eigenvalue weighted by Crippen LogP contribution is -2.32. The van der Waals surface area contributed by atoms with Crippen molar-refractivity contribution in [1.82, 2.24) is 4.90 Å². The van der Waals surface area contributed by atoms with Gasteiger partial charge in [0, 0.05) is 17.5 Å². The van der Waals surface area contributed by atoms with Gasteiger partial charge >= 0.3 is 0 Å². The van der Waals surface area contributed by atoms with Gasteiger partial charge in [0.25, 0.3) is 0 Å². The molecule has 0 amide bonds. The number of aliphatic imine (C=N–C) groups is 1. The highest BCUT2D eigenvalue weighted by Crippen LogP contribution is 2.37. The Hall–Kier alpha value is -2.39. The third-order valence-corrected chi connectivity index (χ3v) is 5.79. The number of hydrogen-bond acceptors (Lipinski definition) is 3. The third-order valence-electron chi connectivity index (χ3n) is 4.67. The first-order chi connectivity index (χ1) is 11.7. The van der Waals surface area contributed by atoms with Gasteiger partial charge in [0.15, 0.2) is 0 Å². The first-order valence-electron chi connectivity index (χ1n) is 8.23. The molecule has 0 saturated carbocycles. The van der Waals surface area contributed by atoms with Crippen molar-refractivity contribution in [3.63, 3.8) is 0 Å². The molecule has 24 heavy (non-hydrogen) atoms. The van der Waals surface area contributed by atoms with Gasteiger partial charge in [-0.15, -0.1) is 11.3 Å². The molecule has 3 heteroatoms. The number of thiophene rings is 1. The Kier molecular flexibility index (Phi) is 3.95. The second-order valence-corrected chi connectivity index (χ2v) is 7.18. The molecule has 4 rings (SSSR count). The molecule has 0 radical (unpaired) electrons. The summed E-state index contributed by atoms with van der Waals surface area (Å²) in [5.41, 5.74) is 4.92. The number of hydrogen-bond donors (Lipinski definition) is 0. The van der Waals surface area contributed by atoms with Crippen LogP contribution in [-0.2, 0) is 6.42 Å². The van der Waals surface area contributed by atoms with E-state index in [1.54, 1.807) is 0 Å². The van der Waals surface area contributed by atoms with E-state index >= 15 is 0 Å². The standard InChI is InChI=1S/C21H20N2S/c1-15-12-13-24-20(15)19-14-17-10-6-7-11-18(17)22-21(23(19)2)16-8-4-3-5-9-16/h3-13,19H,14H2,1-2H3. The van der Waals surface area contributed by atoms with Crippen LogP contribution in [0.1, 0.15) is 27.6 Å². The smallest absolute Gasteiger partial charge is 0.136 e. The highest BCUT2D eigenvalue weighted by atomic mass is 32.1. The summed E-state index contributed by atoms with van der Waals surface area (Å²) in [4.78, 5) is 8.80. The summed E-state index contributed by atoms with van der Waals surface area (Å²) in [6.07, 6.45) is 0.980. The van der Waals surface area contributed by atoms with Crippen LogP contribution in [0.3, 0.4) is 0 Å². The third kappa shape index (κ3) is 2.65. The summed E-state index contributed by atoms with van der Waals surface area (Å²) < 4.78 is 0. The minimum Gasteiger partial charge on any atom is -0.351 e. The van der Waals surface area contributed by atoms with Gasteiger partial charge in [-0.3, -0.25) is 0 Å². The van der Waals surface area contributed by atoms with Crippen molar-refractivity contribution >= 4 is 22.9 Å². The molecule has 1 atom stereocenters. The van der Waals surface area contributed by atoms with Crippen molar-refractivity contribution < 1.29 is 0 Å². The molecule has 0 bridgehead atoms. The molecule has 1 aliphatic heterocycles. The second-order valence-electron chi connectivity index (χ2n) is 6.23. The van der Waals surface area contributed by atoms with Crippen LogP contribution in [0.15, 0.2) is 71.0 Å². The van der Waals surface area contributed by atoms with Gasteiger partial charge in [0.2, 0.25) is 0 Å². The Bertz CT molecular complexity index is 880. The summed E-state index contributed by atoms with van der Waals surface area (Å²) in [6.45, 7) is 2.20. The molecular weight excluding hydrogens is 312 g/mol. The summed E-state index contributed by atoms with van der Waals surface area (Å²) in [5, 5.41) is 2.19. The number of para-hydroxylation sites is 1. The predicted octanol–water partition coefficient (Wildman–Crippen LogP) is 5.36. The number of likely N-dealkylation sites (N-methyl/N-ethyl adjacent to an activating group) is 1. The molecule has 2 nitrogen and oxygen atoms in total. The molecule has 0 spiro atoms. The average molecular weight is 332 g/mol. The Labute approximate surface area is 147 Å². The van der Waals surface area contributed by atoms with Crippen LogP contribution in [0.25, 0.3) is 0 Å². The van der Waals surface area contributed by atoms with Gasteiger partial charge in [-0.25, -0.2) is 4.99 Å². The quantitative estimate of drug-likeness (QED) is 0.616. The number of rotatable bonds is 2. The minimum absolute atomic E-state index is 0.313. The average Bonchev–Trinajstić information content (AvgIpc) is 2.98.